The standard InChI is InChI=1S/C41H37F17O8/c1-3-4-5-6-7-8-22-62-27-13-9-25(10-14-27)32(60)65-29-15-11-26(12-16-29)33(61)66-30-19-17-28(18-20-30)64-24(2)31(59)63-23-21-34(42,43)35(44,45)36(46,47)37(48,49)38(50,51)39(52,53)40(54,55)41(56,57)58/h9-20,24H,3-8,21-23H2,1-2H3/t24-/m0/s1. The van der Waals surface area contributed by atoms with Gasteiger partial charge >= 0.3 is 65.5 Å². The zero-order chi connectivity index (χ0) is 50.2. The summed E-state index contributed by atoms with van der Waals surface area (Å²) in [7, 11) is 0. The highest BCUT2D eigenvalue weighted by molar-refractivity contribution is 5.92. The number of halogens is 17. The molecule has 0 fully saturated rings. The van der Waals surface area contributed by atoms with Crippen LogP contribution < -0.4 is 18.9 Å². The quantitative estimate of drug-likeness (QED) is 0.0379. The van der Waals surface area contributed by atoms with Gasteiger partial charge in [-0.2, -0.15) is 74.6 Å². The molecule has 0 N–H and O–H groups in total. The number of carbonyl (C=O) groups excluding carboxylic acids is 3. The third kappa shape index (κ3) is 11.9. The molecule has 368 valence electrons. The Bertz CT molecular complexity index is 2070. The molecule has 0 aromatic heterocycles. The van der Waals surface area contributed by atoms with Crippen molar-refractivity contribution in [1.29, 1.82) is 0 Å². The molecule has 0 heterocycles. The van der Waals surface area contributed by atoms with Crippen molar-refractivity contribution in [2.75, 3.05) is 13.2 Å². The van der Waals surface area contributed by atoms with Gasteiger partial charge in [0.2, 0.25) is 0 Å². The maximum absolute atomic E-state index is 14.2. The summed E-state index contributed by atoms with van der Waals surface area (Å²) in [5, 5.41) is 0. The van der Waals surface area contributed by atoms with E-state index in [1.165, 1.54) is 49.2 Å². The summed E-state index contributed by atoms with van der Waals surface area (Å²) >= 11 is 0. The van der Waals surface area contributed by atoms with Gasteiger partial charge in [-0.15, -0.1) is 0 Å². The number of esters is 3. The van der Waals surface area contributed by atoms with E-state index in [4.69, 9.17) is 18.9 Å². The Hall–Kier alpha value is -5.52. The van der Waals surface area contributed by atoms with Crippen LogP contribution >= 0.6 is 0 Å². The van der Waals surface area contributed by atoms with Crippen LogP contribution in [0.15, 0.2) is 72.8 Å². The van der Waals surface area contributed by atoms with Crippen LogP contribution in [-0.2, 0) is 9.53 Å². The number of unbranched alkanes of at least 4 members (excludes halogenated alkanes) is 5. The van der Waals surface area contributed by atoms with Crippen LogP contribution in [0.3, 0.4) is 0 Å². The number of ether oxygens (including phenoxy) is 5. The van der Waals surface area contributed by atoms with Crippen LogP contribution in [-0.4, -0.2) is 84.9 Å². The lowest BCUT2D eigenvalue weighted by Gasteiger charge is -2.42. The summed E-state index contributed by atoms with van der Waals surface area (Å²) in [5.74, 6) is -60.6. The molecule has 3 aromatic carbocycles. The number of hydrogen-bond donors (Lipinski definition) is 0. The van der Waals surface area contributed by atoms with E-state index in [0.717, 1.165) is 56.9 Å². The predicted octanol–water partition coefficient (Wildman–Crippen LogP) is 12.6. The molecule has 0 aliphatic carbocycles. The van der Waals surface area contributed by atoms with Gasteiger partial charge in [0, 0.05) is 0 Å². The monoisotopic (exact) mass is 980 g/mol. The first kappa shape index (κ1) is 54.8. The van der Waals surface area contributed by atoms with Crippen molar-refractivity contribution >= 4 is 17.9 Å². The van der Waals surface area contributed by atoms with E-state index in [1.807, 2.05) is 0 Å². The van der Waals surface area contributed by atoms with Gasteiger partial charge in [0.1, 0.15) is 23.0 Å². The van der Waals surface area contributed by atoms with Crippen molar-refractivity contribution in [3.63, 3.8) is 0 Å². The van der Waals surface area contributed by atoms with Crippen molar-refractivity contribution in [2.24, 2.45) is 0 Å². The lowest BCUT2D eigenvalue weighted by atomic mass is 9.88. The molecular weight excluding hydrogens is 943 g/mol. The molecule has 0 saturated carbocycles. The zero-order valence-corrected chi connectivity index (χ0v) is 34.1. The minimum Gasteiger partial charge on any atom is -0.494 e. The second-order valence-corrected chi connectivity index (χ2v) is 14.2. The lowest BCUT2D eigenvalue weighted by molar-refractivity contribution is -0.461. The van der Waals surface area contributed by atoms with E-state index in [0.29, 0.717) is 12.4 Å². The molecule has 0 saturated heterocycles. The van der Waals surface area contributed by atoms with E-state index < -0.39 is 84.7 Å². The first-order valence-electron chi connectivity index (χ1n) is 19.2. The van der Waals surface area contributed by atoms with Gasteiger partial charge in [-0.3, -0.25) is 0 Å². The van der Waals surface area contributed by atoms with Crippen LogP contribution in [0, 0.1) is 0 Å². The van der Waals surface area contributed by atoms with Crippen LogP contribution in [0.5, 0.6) is 23.0 Å². The summed E-state index contributed by atoms with van der Waals surface area (Å²) in [6.07, 6.45) is -6.14. The lowest BCUT2D eigenvalue weighted by Crippen LogP contribution is -2.74. The molecule has 0 bridgehead atoms. The third-order valence-corrected chi connectivity index (χ3v) is 9.28. The summed E-state index contributed by atoms with van der Waals surface area (Å²) in [6.45, 7) is 1.34. The molecule has 0 spiro atoms. The first-order valence-corrected chi connectivity index (χ1v) is 19.2. The maximum Gasteiger partial charge on any atom is 0.460 e. The number of benzene rings is 3. The Morgan fingerprint density at radius 1 is 0.470 bits per heavy atom. The van der Waals surface area contributed by atoms with Crippen molar-refractivity contribution in [1.82, 2.24) is 0 Å². The van der Waals surface area contributed by atoms with E-state index in [2.05, 4.69) is 11.7 Å². The SMILES string of the molecule is CCCCCCCCOc1ccc(C(=O)Oc2ccc(C(=O)Oc3ccc(O[C@@H](C)C(=O)OCCC(F)(F)C(F)(F)C(F)(F)C(F)(F)C(F)(F)C(F)(F)C(F)(F)C(F)(F)F)cc3)cc2)cc1. The first-order chi connectivity index (χ1) is 30.3. The largest absolute Gasteiger partial charge is 0.494 e. The number of hydrogen-bond acceptors (Lipinski definition) is 8. The molecule has 3 rings (SSSR count). The molecule has 0 aliphatic heterocycles. The fraction of sp³-hybridized carbons (Fsp3) is 0.488. The highest BCUT2D eigenvalue weighted by Crippen LogP contribution is 2.64. The Labute approximate surface area is 363 Å². The molecule has 8 nitrogen and oxygen atoms in total. The summed E-state index contributed by atoms with van der Waals surface area (Å²) in [4.78, 5) is 37.4. The van der Waals surface area contributed by atoms with Crippen molar-refractivity contribution in [2.45, 2.75) is 113 Å². The van der Waals surface area contributed by atoms with E-state index in [9.17, 15) is 89.0 Å². The van der Waals surface area contributed by atoms with Gasteiger partial charge in [0.25, 0.3) is 0 Å². The zero-order valence-electron chi connectivity index (χ0n) is 34.1. The Balaban J connectivity index is 1.51. The summed E-state index contributed by atoms with van der Waals surface area (Å²) < 4.78 is 254. The molecule has 25 heteroatoms. The number of carbonyl (C=O) groups is 3. The Kier molecular flexibility index (Phi) is 17.4. The summed E-state index contributed by atoms with van der Waals surface area (Å²) in [5.41, 5.74) is 0.195. The molecule has 0 unspecified atom stereocenters. The van der Waals surface area contributed by atoms with Gasteiger partial charge in [-0.1, -0.05) is 39.0 Å². The topological polar surface area (TPSA) is 97.4 Å². The normalized spacial score (nSPS) is 13.7. The predicted molar refractivity (Wildman–Crippen MR) is 194 cm³/mol. The van der Waals surface area contributed by atoms with Crippen molar-refractivity contribution in [3.05, 3.63) is 83.9 Å². The highest BCUT2D eigenvalue weighted by atomic mass is 19.4. The van der Waals surface area contributed by atoms with Gasteiger partial charge in [-0.25, -0.2) is 14.4 Å². The Morgan fingerprint density at radius 3 is 1.30 bits per heavy atom. The molecular formula is C41H37F17O8. The number of alkyl halides is 17. The van der Waals surface area contributed by atoms with E-state index in [-0.39, 0.29) is 28.4 Å². The van der Waals surface area contributed by atoms with Crippen molar-refractivity contribution < 1.29 is 113 Å². The summed E-state index contributed by atoms with van der Waals surface area (Å²) in [6, 6.07) is 15.7. The minimum atomic E-state index is -8.76. The van der Waals surface area contributed by atoms with Crippen LogP contribution in [0.25, 0.3) is 0 Å². The minimum absolute atomic E-state index is 0.0239. The average molecular weight is 981 g/mol. The van der Waals surface area contributed by atoms with Crippen molar-refractivity contribution in [3.8, 4) is 23.0 Å². The Morgan fingerprint density at radius 2 is 0.848 bits per heavy atom. The van der Waals surface area contributed by atoms with Gasteiger partial charge in [0.05, 0.1) is 30.8 Å². The van der Waals surface area contributed by atoms with Crippen LogP contribution in [0.2, 0.25) is 0 Å². The molecule has 0 radical (unpaired) electrons. The van der Waals surface area contributed by atoms with Crippen LogP contribution in [0.4, 0.5) is 74.6 Å². The smallest absolute Gasteiger partial charge is 0.460 e. The second-order valence-electron chi connectivity index (χ2n) is 14.2. The molecule has 66 heavy (non-hydrogen) atoms. The second kappa shape index (κ2) is 21.0. The molecule has 1 atom stereocenters. The van der Waals surface area contributed by atoms with Gasteiger partial charge < -0.3 is 23.7 Å². The van der Waals surface area contributed by atoms with Gasteiger partial charge in [0.15, 0.2) is 6.10 Å². The third-order valence-electron chi connectivity index (χ3n) is 9.28. The molecule has 0 amide bonds. The maximum atomic E-state index is 14.2. The molecule has 3 aromatic rings. The van der Waals surface area contributed by atoms with Crippen LogP contribution in [0.1, 0.15) is 79.5 Å². The molecule has 0 aliphatic rings. The fourth-order valence-corrected chi connectivity index (χ4v) is 5.34. The van der Waals surface area contributed by atoms with E-state index >= 15 is 0 Å². The fourth-order valence-electron chi connectivity index (χ4n) is 5.34. The van der Waals surface area contributed by atoms with E-state index in [1.54, 1.807) is 12.1 Å². The van der Waals surface area contributed by atoms with Gasteiger partial charge in [-0.05, 0) is 86.1 Å². The highest BCUT2D eigenvalue weighted by Gasteiger charge is 2.95. The number of rotatable bonds is 24. The average Bonchev–Trinajstić information content (AvgIpc) is 3.23.